The molecule has 3 N–H and O–H groups in total. The van der Waals surface area contributed by atoms with E-state index in [-0.39, 0.29) is 6.03 Å². The molecule has 1 aliphatic heterocycles. The van der Waals surface area contributed by atoms with Crippen molar-refractivity contribution in [1.82, 2.24) is 10.6 Å². The molecule has 0 bridgehead atoms. The Hall–Kier alpha value is -1.30. The number of rotatable bonds is 4. The minimum Gasteiger partial charge on any atom is -0.480 e. The summed E-state index contributed by atoms with van der Waals surface area (Å²) in [6.45, 7) is 1.38. The Kier molecular flexibility index (Phi) is 4.63. The third kappa shape index (κ3) is 3.59. The lowest BCUT2D eigenvalue weighted by atomic mass is 9.90. The predicted molar refractivity (Wildman–Crippen MR) is 68.9 cm³/mol. The first kappa shape index (κ1) is 14.1. The summed E-state index contributed by atoms with van der Waals surface area (Å²) in [6, 6.07) is -0.379. The van der Waals surface area contributed by atoms with Gasteiger partial charge in [-0.3, -0.25) is 0 Å². The lowest BCUT2D eigenvalue weighted by Crippen LogP contribution is -2.59. The van der Waals surface area contributed by atoms with Gasteiger partial charge in [0.15, 0.2) is 0 Å². The van der Waals surface area contributed by atoms with Crippen molar-refractivity contribution >= 4 is 12.0 Å². The second kappa shape index (κ2) is 6.23. The van der Waals surface area contributed by atoms with Gasteiger partial charge in [0, 0.05) is 32.6 Å². The number of aliphatic carboxylic acids is 1. The van der Waals surface area contributed by atoms with Crippen molar-refractivity contribution in [2.75, 3.05) is 19.8 Å². The van der Waals surface area contributed by atoms with E-state index in [1.54, 1.807) is 0 Å². The Bertz CT molecular complexity index is 334. The van der Waals surface area contributed by atoms with Gasteiger partial charge < -0.3 is 20.5 Å². The van der Waals surface area contributed by atoms with E-state index < -0.39 is 11.5 Å². The highest BCUT2D eigenvalue weighted by molar-refractivity contribution is 5.86. The third-order valence-electron chi connectivity index (χ3n) is 4.13. The van der Waals surface area contributed by atoms with Gasteiger partial charge >= 0.3 is 12.0 Å². The number of ether oxygens (including phenoxy) is 1. The van der Waals surface area contributed by atoms with Crippen LogP contribution in [0.4, 0.5) is 4.79 Å². The molecule has 2 rings (SSSR count). The van der Waals surface area contributed by atoms with Crippen LogP contribution >= 0.6 is 0 Å². The molecule has 108 valence electrons. The van der Waals surface area contributed by atoms with E-state index in [0.717, 1.165) is 12.8 Å². The molecular formula is C13H22N2O4. The van der Waals surface area contributed by atoms with Gasteiger partial charge in [0.2, 0.25) is 0 Å². The van der Waals surface area contributed by atoms with Gasteiger partial charge in [0.25, 0.3) is 0 Å². The molecule has 0 atom stereocenters. The van der Waals surface area contributed by atoms with Crippen LogP contribution in [0.2, 0.25) is 0 Å². The molecule has 2 amide bonds. The van der Waals surface area contributed by atoms with Crippen molar-refractivity contribution in [3.05, 3.63) is 0 Å². The first-order chi connectivity index (χ1) is 9.12. The molecule has 0 aromatic rings. The normalized spacial score (nSPS) is 22.9. The topological polar surface area (TPSA) is 87.7 Å². The van der Waals surface area contributed by atoms with Crippen molar-refractivity contribution in [1.29, 1.82) is 0 Å². The summed E-state index contributed by atoms with van der Waals surface area (Å²) in [7, 11) is 0. The summed E-state index contributed by atoms with van der Waals surface area (Å²) < 4.78 is 5.16. The summed E-state index contributed by atoms with van der Waals surface area (Å²) in [6.07, 6.45) is 5.39. The van der Waals surface area contributed by atoms with E-state index in [9.17, 15) is 14.7 Å². The van der Waals surface area contributed by atoms with Crippen LogP contribution in [0.15, 0.2) is 0 Å². The van der Waals surface area contributed by atoms with Gasteiger partial charge in [0.1, 0.15) is 5.54 Å². The summed E-state index contributed by atoms with van der Waals surface area (Å²) in [5, 5.41) is 14.7. The first-order valence-corrected chi connectivity index (χ1v) is 6.99. The maximum atomic E-state index is 11.9. The Labute approximate surface area is 112 Å². The average molecular weight is 270 g/mol. The molecule has 1 heterocycles. The number of nitrogens with one attached hydrogen (secondary N) is 2. The number of hydrogen-bond acceptors (Lipinski definition) is 3. The van der Waals surface area contributed by atoms with Crippen LogP contribution in [-0.2, 0) is 9.53 Å². The van der Waals surface area contributed by atoms with E-state index in [4.69, 9.17) is 4.74 Å². The minimum absolute atomic E-state index is 0.319. The first-order valence-electron chi connectivity index (χ1n) is 6.99. The van der Waals surface area contributed by atoms with Gasteiger partial charge in [-0.15, -0.1) is 0 Å². The molecule has 2 fully saturated rings. The fourth-order valence-corrected chi connectivity index (χ4v) is 2.83. The maximum absolute atomic E-state index is 11.9. The van der Waals surface area contributed by atoms with Crippen LogP contribution < -0.4 is 10.6 Å². The zero-order chi connectivity index (χ0) is 13.7. The van der Waals surface area contributed by atoms with E-state index >= 15 is 0 Å². The highest BCUT2D eigenvalue weighted by Gasteiger charge is 2.41. The molecule has 6 heteroatoms. The Morgan fingerprint density at radius 3 is 2.42 bits per heavy atom. The molecule has 0 unspecified atom stereocenters. The van der Waals surface area contributed by atoms with E-state index in [2.05, 4.69) is 10.6 Å². The van der Waals surface area contributed by atoms with Crippen molar-refractivity contribution in [2.45, 2.75) is 44.1 Å². The maximum Gasteiger partial charge on any atom is 0.329 e. The standard InChI is InChI=1S/C13H22N2O4/c16-11(17)13(5-7-19-8-6-13)15-12(18)14-9-10-3-1-2-4-10/h10H,1-9H2,(H,16,17)(H2,14,15,18). The molecule has 1 saturated heterocycles. The van der Waals surface area contributed by atoms with E-state index in [1.807, 2.05) is 0 Å². The lowest BCUT2D eigenvalue weighted by Gasteiger charge is -2.33. The number of carbonyl (C=O) groups is 2. The monoisotopic (exact) mass is 270 g/mol. The molecule has 0 radical (unpaired) electrons. The number of carboxylic acid groups (broad SMARTS) is 1. The van der Waals surface area contributed by atoms with Crippen molar-refractivity contribution < 1.29 is 19.4 Å². The smallest absolute Gasteiger partial charge is 0.329 e. The highest BCUT2D eigenvalue weighted by Crippen LogP contribution is 2.24. The quantitative estimate of drug-likeness (QED) is 0.714. The van der Waals surface area contributed by atoms with Gasteiger partial charge in [-0.25, -0.2) is 9.59 Å². The van der Waals surface area contributed by atoms with Crippen LogP contribution in [0, 0.1) is 5.92 Å². The molecule has 0 spiro atoms. The molecule has 1 aliphatic carbocycles. The largest absolute Gasteiger partial charge is 0.480 e. The number of urea groups is 1. The van der Waals surface area contributed by atoms with Crippen LogP contribution in [0.25, 0.3) is 0 Å². The molecule has 0 aromatic carbocycles. The third-order valence-corrected chi connectivity index (χ3v) is 4.13. The fourth-order valence-electron chi connectivity index (χ4n) is 2.83. The number of hydrogen-bond donors (Lipinski definition) is 3. The van der Waals surface area contributed by atoms with E-state index in [1.165, 1.54) is 12.8 Å². The van der Waals surface area contributed by atoms with Crippen molar-refractivity contribution in [3.63, 3.8) is 0 Å². The van der Waals surface area contributed by atoms with Crippen LogP contribution in [0.1, 0.15) is 38.5 Å². The van der Waals surface area contributed by atoms with E-state index in [0.29, 0.717) is 38.5 Å². The highest BCUT2D eigenvalue weighted by atomic mass is 16.5. The van der Waals surface area contributed by atoms with Gasteiger partial charge in [-0.05, 0) is 18.8 Å². The number of carbonyl (C=O) groups excluding carboxylic acids is 1. The molecule has 1 saturated carbocycles. The van der Waals surface area contributed by atoms with Gasteiger partial charge in [-0.2, -0.15) is 0 Å². The SMILES string of the molecule is O=C(NCC1CCCC1)NC1(C(=O)O)CCOCC1. The zero-order valence-corrected chi connectivity index (χ0v) is 11.1. The molecule has 2 aliphatic rings. The Morgan fingerprint density at radius 1 is 1.21 bits per heavy atom. The summed E-state index contributed by atoms with van der Waals surface area (Å²) in [5.74, 6) is -0.437. The molecule has 6 nitrogen and oxygen atoms in total. The van der Waals surface area contributed by atoms with Crippen LogP contribution in [0.3, 0.4) is 0 Å². The summed E-state index contributed by atoms with van der Waals surface area (Å²) >= 11 is 0. The zero-order valence-electron chi connectivity index (χ0n) is 11.1. The van der Waals surface area contributed by atoms with Crippen LogP contribution in [0.5, 0.6) is 0 Å². The average Bonchev–Trinajstić information content (AvgIpc) is 2.90. The Balaban J connectivity index is 1.82. The second-order valence-corrected chi connectivity index (χ2v) is 5.49. The number of amides is 2. The molecular weight excluding hydrogens is 248 g/mol. The second-order valence-electron chi connectivity index (χ2n) is 5.49. The fraction of sp³-hybridized carbons (Fsp3) is 0.846. The Morgan fingerprint density at radius 2 is 1.84 bits per heavy atom. The minimum atomic E-state index is -1.17. The lowest BCUT2D eigenvalue weighted by molar-refractivity contribution is -0.148. The van der Waals surface area contributed by atoms with Gasteiger partial charge in [0.05, 0.1) is 0 Å². The van der Waals surface area contributed by atoms with Crippen LogP contribution in [-0.4, -0.2) is 42.4 Å². The number of carboxylic acids is 1. The van der Waals surface area contributed by atoms with Crippen molar-refractivity contribution in [2.24, 2.45) is 5.92 Å². The summed E-state index contributed by atoms with van der Waals surface area (Å²) in [4.78, 5) is 23.2. The predicted octanol–water partition coefficient (Wildman–Crippen LogP) is 1.11. The summed E-state index contributed by atoms with van der Waals surface area (Å²) in [5.41, 5.74) is -1.17. The molecule has 19 heavy (non-hydrogen) atoms. The van der Waals surface area contributed by atoms with Crippen molar-refractivity contribution in [3.8, 4) is 0 Å². The molecule has 0 aromatic heterocycles. The van der Waals surface area contributed by atoms with Gasteiger partial charge in [-0.1, -0.05) is 12.8 Å².